The molecule has 2 aromatic carbocycles. The van der Waals surface area contributed by atoms with Gasteiger partial charge in [-0.15, -0.1) is 0 Å². The van der Waals surface area contributed by atoms with Crippen molar-refractivity contribution in [1.82, 2.24) is 10.6 Å². The Hall–Kier alpha value is -4.12. The lowest BCUT2D eigenvalue weighted by molar-refractivity contribution is -0.128. The minimum atomic E-state index is -0.820. The van der Waals surface area contributed by atoms with E-state index in [0.29, 0.717) is 6.42 Å². The number of rotatable bonds is 8. The fourth-order valence-electron chi connectivity index (χ4n) is 2.76. The van der Waals surface area contributed by atoms with Gasteiger partial charge in [-0.3, -0.25) is 14.4 Å². The van der Waals surface area contributed by atoms with Crippen molar-refractivity contribution in [3.63, 3.8) is 0 Å². The van der Waals surface area contributed by atoms with Crippen LogP contribution in [-0.4, -0.2) is 42.2 Å². The molecule has 32 heavy (non-hydrogen) atoms. The molecule has 6 N–H and O–H groups in total. The lowest BCUT2D eigenvalue weighted by atomic mass is 10.0. The first-order chi connectivity index (χ1) is 15.2. The van der Waals surface area contributed by atoms with Crippen molar-refractivity contribution in [2.45, 2.75) is 32.4 Å². The lowest BCUT2D eigenvalue weighted by Crippen LogP contribution is -2.47. The highest BCUT2D eigenvalue weighted by molar-refractivity contribution is 5.91. The van der Waals surface area contributed by atoms with Crippen LogP contribution < -0.4 is 22.1 Å². The van der Waals surface area contributed by atoms with E-state index in [2.05, 4.69) is 27.5 Å². The maximum Gasteiger partial charge on any atom is 0.245 e. The maximum absolute atomic E-state index is 12.2. The van der Waals surface area contributed by atoms with Crippen molar-refractivity contribution < 1.29 is 14.4 Å². The number of nitrogens with zero attached hydrogens (tertiary/aromatic N) is 1. The van der Waals surface area contributed by atoms with E-state index in [1.54, 1.807) is 0 Å². The average molecular weight is 434 g/mol. The van der Waals surface area contributed by atoms with Crippen LogP contribution in [0.2, 0.25) is 0 Å². The standard InChI is InChI=1S/C24H27N5O3/c1-16(28-24(25)26)23(32)27-15-22(31)29-21(17(2)30)14-20-12-10-19(11-13-20)9-8-18-6-4-3-5-7-18/h3-7,10-13,16,21H,14-15H2,1-2H3,(H,27,32)(H,29,31)(H4,25,26,28)/t16-,21+/m1/s1. The average Bonchev–Trinajstić information content (AvgIpc) is 2.76. The van der Waals surface area contributed by atoms with E-state index in [9.17, 15) is 14.4 Å². The van der Waals surface area contributed by atoms with E-state index in [4.69, 9.17) is 11.5 Å². The molecule has 0 unspecified atom stereocenters. The van der Waals surface area contributed by atoms with Gasteiger partial charge in [0.05, 0.1) is 12.6 Å². The first-order valence-electron chi connectivity index (χ1n) is 10.1. The molecule has 2 atom stereocenters. The van der Waals surface area contributed by atoms with Crippen molar-refractivity contribution in [2.75, 3.05) is 6.54 Å². The van der Waals surface area contributed by atoms with E-state index in [1.807, 2.05) is 54.6 Å². The Morgan fingerprint density at radius 1 is 0.969 bits per heavy atom. The summed E-state index contributed by atoms with van der Waals surface area (Å²) in [5.41, 5.74) is 13.1. The van der Waals surface area contributed by atoms with Gasteiger partial charge >= 0.3 is 0 Å². The predicted molar refractivity (Wildman–Crippen MR) is 123 cm³/mol. The van der Waals surface area contributed by atoms with Gasteiger partial charge in [-0.1, -0.05) is 42.2 Å². The molecule has 0 bridgehead atoms. The monoisotopic (exact) mass is 433 g/mol. The van der Waals surface area contributed by atoms with E-state index in [-0.39, 0.29) is 18.3 Å². The molecule has 2 aromatic rings. The second-order valence-corrected chi connectivity index (χ2v) is 7.20. The number of carbonyl (C=O) groups is 3. The highest BCUT2D eigenvalue weighted by atomic mass is 16.2. The Morgan fingerprint density at radius 3 is 2.12 bits per heavy atom. The predicted octanol–water partition coefficient (Wildman–Crippen LogP) is 0.481. The van der Waals surface area contributed by atoms with Gasteiger partial charge in [0.25, 0.3) is 0 Å². The van der Waals surface area contributed by atoms with Crippen molar-refractivity contribution >= 4 is 23.6 Å². The van der Waals surface area contributed by atoms with Gasteiger partial charge in [-0.05, 0) is 50.1 Å². The summed E-state index contributed by atoms with van der Waals surface area (Å²) >= 11 is 0. The Bertz CT molecular complexity index is 1030. The highest BCUT2D eigenvalue weighted by Crippen LogP contribution is 2.08. The van der Waals surface area contributed by atoms with Crippen LogP contribution in [0.25, 0.3) is 0 Å². The van der Waals surface area contributed by atoms with Crippen LogP contribution in [0.4, 0.5) is 0 Å². The number of hydrogen-bond donors (Lipinski definition) is 4. The fraction of sp³-hybridized carbons (Fsp3) is 0.250. The molecule has 0 aliphatic carbocycles. The third-order valence-corrected chi connectivity index (χ3v) is 4.49. The second-order valence-electron chi connectivity index (χ2n) is 7.20. The SMILES string of the molecule is CC(=O)[C@H](Cc1ccc(C#Cc2ccccc2)cc1)NC(=O)CNC(=O)[C@@H](C)N=C(N)N. The molecule has 0 saturated carbocycles. The van der Waals surface area contributed by atoms with Gasteiger partial charge in [0.15, 0.2) is 11.7 Å². The van der Waals surface area contributed by atoms with Gasteiger partial charge in [0, 0.05) is 11.1 Å². The lowest BCUT2D eigenvalue weighted by Gasteiger charge is -2.17. The molecule has 0 radical (unpaired) electrons. The molecule has 8 heteroatoms. The summed E-state index contributed by atoms with van der Waals surface area (Å²) in [5, 5.41) is 5.08. The first-order valence-corrected chi connectivity index (χ1v) is 10.1. The number of carbonyl (C=O) groups excluding carboxylic acids is 3. The zero-order valence-corrected chi connectivity index (χ0v) is 18.1. The number of guanidine groups is 1. The number of benzene rings is 2. The van der Waals surface area contributed by atoms with Crippen molar-refractivity contribution in [2.24, 2.45) is 16.5 Å². The molecule has 0 heterocycles. The molecule has 0 saturated heterocycles. The van der Waals surface area contributed by atoms with E-state index < -0.39 is 23.9 Å². The van der Waals surface area contributed by atoms with Gasteiger partial charge in [-0.2, -0.15) is 0 Å². The second kappa shape index (κ2) is 11.9. The molecule has 8 nitrogen and oxygen atoms in total. The third-order valence-electron chi connectivity index (χ3n) is 4.49. The van der Waals surface area contributed by atoms with Crippen LogP contribution in [0.3, 0.4) is 0 Å². The van der Waals surface area contributed by atoms with Gasteiger partial charge < -0.3 is 22.1 Å². The van der Waals surface area contributed by atoms with Gasteiger partial charge in [0.2, 0.25) is 11.8 Å². The number of ketones is 1. The number of nitrogens with two attached hydrogens (primary N) is 2. The Labute approximate surface area is 187 Å². The molecule has 0 aliphatic heterocycles. The summed E-state index contributed by atoms with van der Waals surface area (Å²) in [6, 6.07) is 15.6. The molecule has 2 rings (SSSR count). The molecular formula is C24H27N5O3. The molecule has 0 aliphatic rings. The Balaban J connectivity index is 1.92. The van der Waals surface area contributed by atoms with Crippen LogP contribution >= 0.6 is 0 Å². The Morgan fingerprint density at radius 2 is 1.56 bits per heavy atom. The summed E-state index contributed by atoms with van der Waals surface area (Å²) in [7, 11) is 0. The third kappa shape index (κ3) is 8.32. The highest BCUT2D eigenvalue weighted by Gasteiger charge is 2.19. The van der Waals surface area contributed by atoms with Crippen molar-refractivity contribution in [1.29, 1.82) is 0 Å². The summed E-state index contributed by atoms with van der Waals surface area (Å²) in [5.74, 6) is 4.79. The minimum absolute atomic E-state index is 0.188. The zero-order chi connectivity index (χ0) is 23.5. The smallest absolute Gasteiger partial charge is 0.245 e. The van der Waals surface area contributed by atoms with Gasteiger partial charge in [0.1, 0.15) is 6.04 Å². The molecule has 0 fully saturated rings. The van der Waals surface area contributed by atoms with Gasteiger partial charge in [-0.25, -0.2) is 4.99 Å². The van der Waals surface area contributed by atoms with Crippen LogP contribution in [-0.2, 0) is 20.8 Å². The maximum atomic E-state index is 12.2. The van der Waals surface area contributed by atoms with E-state index in [0.717, 1.165) is 16.7 Å². The van der Waals surface area contributed by atoms with Crippen LogP contribution in [0.5, 0.6) is 0 Å². The quantitative estimate of drug-likeness (QED) is 0.272. The topological polar surface area (TPSA) is 140 Å². The summed E-state index contributed by atoms with van der Waals surface area (Å²) < 4.78 is 0. The fourth-order valence-corrected chi connectivity index (χ4v) is 2.76. The van der Waals surface area contributed by atoms with Crippen LogP contribution in [0.15, 0.2) is 59.6 Å². The Kier molecular flexibility index (Phi) is 8.99. The largest absolute Gasteiger partial charge is 0.370 e. The molecule has 166 valence electrons. The summed E-state index contributed by atoms with van der Waals surface area (Å²) in [4.78, 5) is 39.8. The number of amides is 2. The number of aliphatic imine (C=N–C) groups is 1. The van der Waals surface area contributed by atoms with E-state index in [1.165, 1.54) is 13.8 Å². The van der Waals surface area contributed by atoms with Crippen LogP contribution in [0.1, 0.15) is 30.5 Å². The van der Waals surface area contributed by atoms with Crippen LogP contribution in [0, 0.1) is 11.8 Å². The zero-order valence-electron chi connectivity index (χ0n) is 18.1. The van der Waals surface area contributed by atoms with E-state index >= 15 is 0 Å². The number of Topliss-reactive ketones (excluding diaryl/α,β-unsaturated/α-hetero) is 1. The first kappa shape index (κ1) is 24.2. The molecule has 2 amide bonds. The summed E-state index contributed by atoms with van der Waals surface area (Å²) in [6.45, 7) is 2.62. The number of hydrogen-bond acceptors (Lipinski definition) is 4. The summed E-state index contributed by atoms with van der Waals surface area (Å²) in [6.07, 6.45) is 0.325. The van der Waals surface area contributed by atoms with Crippen molar-refractivity contribution in [3.05, 3.63) is 71.3 Å². The molecular weight excluding hydrogens is 406 g/mol. The molecule has 0 aromatic heterocycles. The molecule has 0 spiro atoms. The minimum Gasteiger partial charge on any atom is -0.370 e. The normalized spacial score (nSPS) is 11.8. The number of nitrogens with one attached hydrogen (secondary N) is 2. The van der Waals surface area contributed by atoms with Crippen molar-refractivity contribution in [3.8, 4) is 11.8 Å².